The molecule has 1 aromatic heterocycles. The summed E-state index contributed by atoms with van der Waals surface area (Å²) in [5.74, 6) is 2.31. The van der Waals surface area contributed by atoms with Crippen molar-refractivity contribution in [2.45, 2.75) is 19.3 Å². The number of likely N-dealkylation sites (tertiary alicyclic amines) is 1. The molecule has 0 saturated carbocycles. The van der Waals surface area contributed by atoms with Crippen molar-refractivity contribution in [3.05, 3.63) is 47.5 Å². The maximum atomic E-state index is 14.5. The molecule has 2 fully saturated rings. The number of anilines is 3. The molecule has 3 aromatic rings. The number of ether oxygens (including phenoxy) is 1. The number of hydrogen-bond donors (Lipinski definition) is 3. The number of nitrogens with zero attached hydrogens (tertiary/aromatic N) is 3. The summed E-state index contributed by atoms with van der Waals surface area (Å²) in [4.78, 5) is 11.3. The lowest BCUT2D eigenvalue weighted by molar-refractivity contribution is 0.256. The van der Waals surface area contributed by atoms with Gasteiger partial charge in [0, 0.05) is 32.1 Å². The summed E-state index contributed by atoms with van der Waals surface area (Å²) in [7, 11) is 1.86. The van der Waals surface area contributed by atoms with Crippen LogP contribution in [-0.2, 0) is 0 Å². The van der Waals surface area contributed by atoms with Crippen LogP contribution in [0.15, 0.2) is 36.7 Å². The average Bonchev–Trinajstić information content (AvgIpc) is 3.12. The Bertz CT molecular complexity index is 1160. The molecular weight excluding hydrogens is 467 g/mol. The molecule has 2 atom stereocenters. The van der Waals surface area contributed by atoms with Gasteiger partial charge in [0.2, 0.25) is 0 Å². The molecule has 2 unspecified atom stereocenters. The van der Waals surface area contributed by atoms with Crippen LogP contribution < -0.4 is 20.7 Å². The predicted molar refractivity (Wildman–Crippen MR) is 139 cm³/mol. The van der Waals surface area contributed by atoms with Gasteiger partial charge in [-0.2, -0.15) is 0 Å². The van der Waals surface area contributed by atoms with Crippen molar-refractivity contribution in [3.8, 4) is 5.75 Å². The first kappa shape index (κ1) is 24.0. The summed E-state index contributed by atoms with van der Waals surface area (Å²) in [5.41, 5.74) is 1.84. The summed E-state index contributed by atoms with van der Waals surface area (Å²) in [6, 6.07) is 8.66. The highest BCUT2D eigenvalue weighted by Crippen LogP contribution is 2.34. The molecule has 9 heteroatoms. The van der Waals surface area contributed by atoms with Crippen molar-refractivity contribution in [1.29, 1.82) is 0 Å². The first-order valence-electron chi connectivity index (χ1n) is 12.4. The fourth-order valence-electron chi connectivity index (χ4n) is 5.25. The third kappa shape index (κ3) is 5.44. The van der Waals surface area contributed by atoms with Crippen LogP contribution in [0, 0.1) is 17.7 Å². The van der Waals surface area contributed by atoms with Crippen molar-refractivity contribution >= 4 is 39.7 Å². The average molecular weight is 499 g/mol. The fraction of sp³-hybridized carbons (Fsp3) is 0.462. The molecule has 0 aliphatic carbocycles. The molecule has 0 bridgehead atoms. The molecule has 2 aromatic carbocycles. The van der Waals surface area contributed by atoms with Gasteiger partial charge in [0.05, 0.1) is 28.5 Å². The van der Waals surface area contributed by atoms with Gasteiger partial charge in [-0.25, -0.2) is 14.4 Å². The van der Waals surface area contributed by atoms with E-state index in [1.807, 2.05) is 19.2 Å². The minimum absolute atomic E-state index is 0.0546. The molecule has 7 nitrogen and oxygen atoms in total. The number of rotatable bonds is 8. The van der Waals surface area contributed by atoms with Crippen molar-refractivity contribution in [2.24, 2.45) is 11.8 Å². The zero-order valence-corrected chi connectivity index (χ0v) is 20.7. The molecule has 35 heavy (non-hydrogen) atoms. The topological polar surface area (TPSA) is 74.3 Å². The number of halogens is 2. The number of benzene rings is 2. The summed E-state index contributed by atoms with van der Waals surface area (Å²) in [6.45, 7) is 6.36. The highest BCUT2D eigenvalue weighted by molar-refractivity contribution is 6.31. The van der Waals surface area contributed by atoms with Crippen LogP contribution in [-0.4, -0.2) is 61.2 Å². The van der Waals surface area contributed by atoms with E-state index in [2.05, 4.69) is 30.8 Å². The Morgan fingerprint density at radius 2 is 2.09 bits per heavy atom. The minimum Gasteiger partial charge on any atom is -0.491 e. The summed E-state index contributed by atoms with van der Waals surface area (Å²) >= 11 is 5.94. The van der Waals surface area contributed by atoms with E-state index in [1.165, 1.54) is 38.3 Å². The monoisotopic (exact) mass is 498 g/mol. The maximum absolute atomic E-state index is 14.5. The van der Waals surface area contributed by atoms with Gasteiger partial charge in [-0.05, 0) is 68.5 Å². The zero-order valence-electron chi connectivity index (χ0n) is 20.0. The Balaban J connectivity index is 1.26. The van der Waals surface area contributed by atoms with Crippen LogP contribution in [0.1, 0.15) is 19.3 Å². The molecule has 0 radical (unpaired) electrons. The van der Waals surface area contributed by atoms with Crippen LogP contribution in [0.4, 0.5) is 21.6 Å². The first-order valence-corrected chi connectivity index (χ1v) is 12.7. The van der Waals surface area contributed by atoms with Crippen molar-refractivity contribution in [1.82, 2.24) is 20.2 Å². The van der Waals surface area contributed by atoms with Gasteiger partial charge in [-0.1, -0.05) is 17.7 Å². The van der Waals surface area contributed by atoms with Crippen LogP contribution in [0.25, 0.3) is 10.9 Å². The van der Waals surface area contributed by atoms with Crippen molar-refractivity contribution in [2.75, 3.05) is 57.0 Å². The van der Waals surface area contributed by atoms with Crippen molar-refractivity contribution < 1.29 is 9.13 Å². The molecule has 3 N–H and O–H groups in total. The molecule has 5 rings (SSSR count). The van der Waals surface area contributed by atoms with Crippen LogP contribution in [0.3, 0.4) is 0 Å². The van der Waals surface area contributed by atoms with Gasteiger partial charge in [-0.3, -0.25) is 0 Å². The lowest BCUT2D eigenvalue weighted by atomic mass is 9.93. The van der Waals surface area contributed by atoms with Gasteiger partial charge in [0.15, 0.2) is 5.82 Å². The molecule has 186 valence electrons. The van der Waals surface area contributed by atoms with Gasteiger partial charge >= 0.3 is 0 Å². The molecule has 0 amide bonds. The van der Waals surface area contributed by atoms with Gasteiger partial charge < -0.3 is 25.6 Å². The number of aromatic nitrogens is 2. The highest BCUT2D eigenvalue weighted by atomic mass is 35.5. The summed E-state index contributed by atoms with van der Waals surface area (Å²) in [5, 5.41) is 10.6. The van der Waals surface area contributed by atoms with E-state index in [1.54, 1.807) is 12.1 Å². The van der Waals surface area contributed by atoms with Crippen LogP contribution in [0.2, 0.25) is 5.02 Å². The van der Waals surface area contributed by atoms with Crippen molar-refractivity contribution in [3.63, 3.8) is 0 Å². The van der Waals surface area contributed by atoms with Gasteiger partial charge in [-0.15, -0.1) is 0 Å². The summed E-state index contributed by atoms with van der Waals surface area (Å²) < 4.78 is 20.7. The van der Waals surface area contributed by atoms with E-state index in [0.717, 1.165) is 60.2 Å². The quantitative estimate of drug-likeness (QED) is 0.381. The lowest BCUT2D eigenvalue weighted by Gasteiger charge is -2.18. The summed E-state index contributed by atoms with van der Waals surface area (Å²) in [6.07, 6.45) is 5.04. The Labute approximate surface area is 210 Å². The normalized spacial score (nSPS) is 20.4. The number of fused-ring (bicyclic) bond motifs is 2. The van der Waals surface area contributed by atoms with Gasteiger partial charge in [0.1, 0.15) is 17.9 Å². The molecule has 2 aliphatic rings. The second-order valence-corrected chi connectivity index (χ2v) is 9.80. The second-order valence-electron chi connectivity index (χ2n) is 9.39. The number of nitrogens with one attached hydrogen (secondary N) is 3. The SMILES string of the molecule is CNc1cc2ncnc(Nc3cccc(Cl)c3F)c2cc1OCCCN1CC2CCCNCC2C1. The van der Waals surface area contributed by atoms with Crippen LogP contribution >= 0.6 is 11.6 Å². The molecular formula is C26H32ClFN6O. The van der Waals surface area contributed by atoms with E-state index >= 15 is 0 Å². The third-order valence-electron chi connectivity index (χ3n) is 7.07. The minimum atomic E-state index is -0.516. The van der Waals surface area contributed by atoms with E-state index in [-0.39, 0.29) is 10.7 Å². The standard InChI is InChI=1S/C26H32ClFN6O/c1-29-23-12-22-19(26(32-16-31-22)33-21-7-2-6-20(27)25(21)28)11-24(23)35-10-4-9-34-14-17-5-3-8-30-13-18(17)15-34/h2,6-7,11-12,16-18,29-30H,3-5,8-10,13-15H2,1H3,(H,31,32,33). The molecule has 3 heterocycles. The zero-order chi connectivity index (χ0) is 24.2. The smallest absolute Gasteiger partial charge is 0.165 e. The Kier molecular flexibility index (Phi) is 7.51. The third-order valence-corrected chi connectivity index (χ3v) is 7.37. The molecule has 2 aliphatic heterocycles. The molecule has 0 spiro atoms. The largest absolute Gasteiger partial charge is 0.491 e. The highest BCUT2D eigenvalue weighted by Gasteiger charge is 2.32. The van der Waals surface area contributed by atoms with Gasteiger partial charge in [0.25, 0.3) is 0 Å². The predicted octanol–water partition coefficient (Wildman–Crippen LogP) is 4.91. The second kappa shape index (κ2) is 10.9. The fourth-order valence-corrected chi connectivity index (χ4v) is 5.42. The molecule has 2 saturated heterocycles. The van der Waals surface area contributed by atoms with E-state index in [9.17, 15) is 4.39 Å². The maximum Gasteiger partial charge on any atom is 0.165 e. The van der Waals surface area contributed by atoms with E-state index in [4.69, 9.17) is 16.3 Å². The van der Waals surface area contributed by atoms with E-state index in [0.29, 0.717) is 12.4 Å². The van der Waals surface area contributed by atoms with E-state index < -0.39 is 5.82 Å². The Morgan fingerprint density at radius 1 is 1.20 bits per heavy atom. The number of hydrogen-bond acceptors (Lipinski definition) is 7. The van der Waals surface area contributed by atoms with Crippen LogP contribution in [0.5, 0.6) is 5.75 Å². The Morgan fingerprint density at radius 3 is 2.97 bits per heavy atom. The Hall–Kier alpha value is -2.68. The first-order chi connectivity index (χ1) is 17.1. The lowest BCUT2D eigenvalue weighted by Crippen LogP contribution is -2.27.